The zero-order chi connectivity index (χ0) is 24.4. The lowest BCUT2D eigenvalue weighted by atomic mass is 10.1. The first kappa shape index (κ1) is 23.4. The molecule has 0 spiro atoms. The summed E-state index contributed by atoms with van der Waals surface area (Å²) in [6.07, 6.45) is 5.12. The Hall–Kier alpha value is -3.81. The molecule has 0 bridgehead atoms. The number of nitrogens with one attached hydrogen (secondary N) is 1. The first-order valence-corrected chi connectivity index (χ1v) is 10.9. The van der Waals surface area contributed by atoms with Crippen LogP contribution in [0.4, 0.5) is 5.82 Å². The Morgan fingerprint density at radius 2 is 2.21 bits per heavy atom. The molecule has 1 aliphatic rings. The molecule has 1 unspecified atom stereocenters. The van der Waals surface area contributed by atoms with Crippen LogP contribution in [0.5, 0.6) is 0 Å². The molecule has 1 saturated heterocycles. The van der Waals surface area contributed by atoms with Gasteiger partial charge in [0.05, 0.1) is 36.0 Å². The number of anilines is 1. The molecular weight excluding hydrogens is 458 g/mol. The van der Waals surface area contributed by atoms with Crippen molar-refractivity contribution < 1.29 is 14.3 Å². The van der Waals surface area contributed by atoms with Crippen LogP contribution in [0.25, 0.3) is 5.52 Å². The molecule has 34 heavy (non-hydrogen) atoms. The minimum absolute atomic E-state index is 0.148. The number of fused-ring (bicyclic) bond motifs is 1. The van der Waals surface area contributed by atoms with Crippen molar-refractivity contribution >= 4 is 34.7 Å². The minimum atomic E-state index is -0.657. The Kier molecular flexibility index (Phi) is 6.58. The molecule has 3 aromatic heterocycles. The van der Waals surface area contributed by atoms with Gasteiger partial charge in [0.15, 0.2) is 5.69 Å². The van der Waals surface area contributed by atoms with Gasteiger partial charge in [0.2, 0.25) is 5.91 Å². The number of nitrogens with zero attached hydrogens (tertiary/aromatic N) is 5. The largest absolute Gasteiger partial charge is 0.383 e. The van der Waals surface area contributed by atoms with Gasteiger partial charge < -0.3 is 20.7 Å². The maximum Gasteiger partial charge on any atom is 0.255 e. The van der Waals surface area contributed by atoms with E-state index in [0.29, 0.717) is 36.1 Å². The zero-order valence-corrected chi connectivity index (χ0v) is 19.5. The molecule has 11 heteroatoms. The van der Waals surface area contributed by atoms with Crippen molar-refractivity contribution in [1.29, 1.82) is 0 Å². The SMILES string of the molecule is C=CC(=O)N1CC(n2nc(C#Cc3ccc(Cl)n4cncc34)c(C(N)=O)c2NC)C[C@@H]1COC. The topological polar surface area (TPSA) is 120 Å². The van der Waals surface area contributed by atoms with Crippen LogP contribution < -0.4 is 11.1 Å². The van der Waals surface area contributed by atoms with Gasteiger partial charge in [0.1, 0.15) is 22.9 Å². The van der Waals surface area contributed by atoms with E-state index >= 15 is 0 Å². The molecule has 1 fully saturated rings. The van der Waals surface area contributed by atoms with E-state index in [-0.39, 0.29) is 29.2 Å². The number of amides is 2. The molecule has 0 saturated carbocycles. The Morgan fingerprint density at radius 3 is 2.88 bits per heavy atom. The first-order valence-electron chi connectivity index (χ1n) is 10.5. The third-order valence-electron chi connectivity index (χ3n) is 5.80. The molecule has 2 atom stereocenters. The second-order valence-corrected chi connectivity index (χ2v) is 8.18. The third-order valence-corrected chi connectivity index (χ3v) is 6.10. The lowest BCUT2D eigenvalue weighted by molar-refractivity contribution is -0.127. The van der Waals surface area contributed by atoms with Crippen molar-refractivity contribution in [1.82, 2.24) is 24.1 Å². The van der Waals surface area contributed by atoms with E-state index in [2.05, 4.69) is 33.8 Å². The van der Waals surface area contributed by atoms with Crippen molar-refractivity contribution in [2.24, 2.45) is 5.73 Å². The highest BCUT2D eigenvalue weighted by Gasteiger charge is 2.37. The number of ether oxygens (including phenoxy) is 1. The van der Waals surface area contributed by atoms with Gasteiger partial charge in [-0.1, -0.05) is 24.1 Å². The summed E-state index contributed by atoms with van der Waals surface area (Å²) in [5, 5.41) is 8.15. The molecule has 4 rings (SSSR count). The number of carbonyl (C=O) groups excluding carboxylic acids is 2. The van der Waals surface area contributed by atoms with Crippen LogP contribution in [-0.4, -0.2) is 69.2 Å². The van der Waals surface area contributed by atoms with E-state index in [1.165, 1.54) is 6.08 Å². The lowest BCUT2D eigenvalue weighted by Gasteiger charge is -2.22. The molecule has 0 radical (unpaired) electrons. The van der Waals surface area contributed by atoms with Crippen LogP contribution in [0.2, 0.25) is 5.15 Å². The van der Waals surface area contributed by atoms with E-state index in [1.807, 2.05) is 0 Å². The predicted octanol–water partition coefficient (Wildman–Crippen LogP) is 1.70. The number of hydrogen-bond donors (Lipinski definition) is 2. The summed E-state index contributed by atoms with van der Waals surface area (Å²) in [4.78, 5) is 30.6. The maximum atomic E-state index is 12.4. The number of methoxy groups -OCH3 is 1. The highest BCUT2D eigenvalue weighted by molar-refractivity contribution is 6.29. The molecule has 0 aliphatic carbocycles. The smallest absolute Gasteiger partial charge is 0.255 e. The van der Waals surface area contributed by atoms with E-state index in [9.17, 15) is 9.59 Å². The number of pyridine rings is 1. The van der Waals surface area contributed by atoms with Gasteiger partial charge in [-0.3, -0.25) is 14.0 Å². The third kappa shape index (κ3) is 4.11. The van der Waals surface area contributed by atoms with E-state index in [0.717, 1.165) is 5.52 Å². The average Bonchev–Trinajstić information content (AvgIpc) is 3.55. The monoisotopic (exact) mass is 481 g/mol. The maximum absolute atomic E-state index is 12.4. The van der Waals surface area contributed by atoms with Gasteiger partial charge in [0.25, 0.3) is 5.91 Å². The van der Waals surface area contributed by atoms with Crippen molar-refractivity contribution in [3.05, 3.63) is 59.3 Å². The van der Waals surface area contributed by atoms with Gasteiger partial charge in [-0.2, -0.15) is 5.10 Å². The van der Waals surface area contributed by atoms with Crippen LogP contribution in [0.3, 0.4) is 0 Å². The minimum Gasteiger partial charge on any atom is -0.383 e. The predicted molar refractivity (Wildman–Crippen MR) is 128 cm³/mol. The number of rotatable bonds is 6. The van der Waals surface area contributed by atoms with Crippen LogP contribution in [0.15, 0.2) is 37.3 Å². The zero-order valence-electron chi connectivity index (χ0n) is 18.8. The van der Waals surface area contributed by atoms with Crippen molar-refractivity contribution in [2.75, 3.05) is 32.6 Å². The van der Waals surface area contributed by atoms with E-state index in [1.54, 1.807) is 52.8 Å². The van der Waals surface area contributed by atoms with Gasteiger partial charge in [-0.05, 0) is 30.6 Å². The molecule has 10 nitrogen and oxygen atoms in total. The second kappa shape index (κ2) is 9.59. The van der Waals surface area contributed by atoms with Crippen molar-refractivity contribution in [2.45, 2.75) is 18.5 Å². The van der Waals surface area contributed by atoms with Gasteiger partial charge in [-0.15, -0.1) is 0 Å². The molecule has 176 valence electrons. The normalized spacial score (nSPS) is 17.4. The lowest BCUT2D eigenvalue weighted by Crippen LogP contribution is -2.37. The van der Waals surface area contributed by atoms with Crippen molar-refractivity contribution in [3.8, 4) is 11.8 Å². The summed E-state index contributed by atoms with van der Waals surface area (Å²) in [7, 11) is 3.27. The highest BCUT2D eigenvalue weighted by atomic mass is 35.5. The van der Waals surface area contributed by atoms with Gasteiger partial charge in [0, 0.05) is 20.7 Å². The summed E-state index contributed by atoms with van der Waals surface area (Å²) in [5.41, 5.74) is 7.53. The summed E-state index contributed by atoms with van der Waals surface area (Å²) in [5.74, 6) is 5.63. The molecule has 1 aliphatic heterocycles. The number of aromatic nitrogens is 4. The standard InChI is InChI=1S/C23H24ClN7O3/c1-4-20(32)29-11-15(9-16(29)12-34-3)31-23(26-2)21(22(25)33)17(28-31)7-5-14-6-8-19(24)30-13-27-10-18(14)30/h4,6,8,10,13,15-16,26H,1,9,11-12H2,2-3H3,(H2,25,33)/t15?,16-/m1/s1. The number of halogens is 1. The summed E-state index contributed by atoms with van der Waals surface area (Å²) in [6, 6.07) is 3.13. The number of primary amides is 1. The van der Waals surface area contributed by atoms with Crippen LogP contribution in [0, 0.1) is 11.8 Å². The summed E-state index contributed by atoms with van der Waals surface area (Å²) >= 11 is 6.20. The molecule has 3 N–H and O–H groups in total. The fourth-order valence-electron chi connectivity index (χ4n) is 4.28. The van der Waals surface area contributed by atoms with Crippen molar-refractivity contribution in [3.63, 3.8) is 0 Å². The number of nitrogens with two attached hydrogens (primary N) is 1. The summed E-state index contributed by atoms with van der Waals surface area (Å²) in [6.45, 7) is 4.35. The fourth-order valence-corrected chi connectivity index (χ4v) is 4.48. The highest BCUT2D eigenvalue weighted by Crippen LogP contribution is 2.32. The van der Waals surface area contributed by atoms with Crippen LogP contribution in [0.1, 0.15) is 34.1 Å². The molecule has 3 aromatic rings. The molecule has 4 heterocycles. The Balaban J connectivity index is 1.76. The Bertz CT molecular complexity index is 1330. The van der Waals surface area contributed by atoms with Gasteiger partial charge in [-0.25, -0.2) is 9.67 Å². The molecular formula is C23H24ClN7O3. The fraction of sp³-hybridized carbons (Fsp3) is 0.304. The van der Waals surface area contributed by atoms with E-state index in [4.69, 9.17) is 22.1 Å². The second-order valence-electron chi connectivity index (χ2n) is 7.79. The quantitative estimate of drug-likeness (QED) is 0.314. The van der Waals surface area contributed by atoms with Gasteiger partial charge >= 0.3 is 0 Å². The number of likely N-dealkylation sites (tertiary alicyclic amines) is 1. The number of imidazole rings is 1. The van der Waals surface area contributed by atoms with Crippen LogP contribution in [-0.2, 0) is 9.53 Å². The molecule has 2 amide bonds. The number of hydrogen-bond acceptors (Lipinski definition) is 6. The Morgan fingerprint density at radius 1 is 1.41 bits per heavy atom. The Labute approximate surface area is 201 Å². The average molecular weight is 482 g/mol. The summed E-state index contributed by atoms with van der Waals surface area (Å²) < 4.78 is 8.68. The molecule has 0 aromatic carbocycles. The van der Waals surface area contributed by atoms with E-state index < -0.39 is 5.91 Å². The number of carbonyl (C=O) groups is 2. The van der Waals surface area contributed by atoms with Crippen LogP contribution >= 0.6 is 11.6 Å². The first-order chi connectivity index (χ1) is 16.4.